The summed E-state index contributed by atoms with van der Waals surface area (Å²) in [7, 11) is 1.61. The lowest BCUT2D eigenvalue weighted by Crippen LogP contribution is -1.96. The Balaban J connectivity index is 1.68. The van der Waals surface area contributed by atoms with Crippen LogP contribution in [0.1, 0.15) is 24.8 Å². The molecule has 0 heterocycles. The maximum atomic E-state index is 13.8. The first-order chi connectivity index (χ1) is 10.8. The molecule has 2 aromatic rings. The van der Waals surface area contributed by atoms with E-state index in [1.165, 1.54) is 0 Å². The second-order valence-corrected chi connectivity index (χ2v) is 4.98. The summed E-state index contributed by atoms with van der Waals surface area (Å²) in [6, 6.07) is 17.0. The number of halogens is 1. The van der Waals surface area contributed by atoms with Crippen LogP contribution in [-0.4, -0.2) is 13.7 Å². The molecule has 0 aliphatic heterocycles. The molecule has 2 nitrogen and oxygen atoms in total. The molecule has 0 saturated heterocycles. The number of para-hydroxylation sites is 1. The molecule has 116 valence electrons. The van der Waals surface area contributed by atoms with E-state index in [0.29, 0.717) is 13.0 Å². The van der Waals surface area contributed by atoms with Crippen LogP contribution in [0.15, 0.2) is 60.4 Å². The van der Waals surface area contributed by atoms with E-state index in [2.05, 4.69) is 0 Å². The molecule has 2 rings (SSSR count). The number of allylic oxidation sites excluding steroid dienone is 1. The second kappa shape index (κ2) is 8.88. The van der Waals surface area contributed by atoms with Crippen molar-refractivity contribution in [2.24, 2.45) is 0 Å². The predicted octanol–water partition coefficient (Wildman–Crippen LogP) is 5.25. The van der Waals surface area contributed by atoms with Crippen LogP contribution in [0, 0.1) is 0 Å². The molecule has 0 N–H and O–H groups in total. The number of rotatable bonds is 8. The Kier molecular flexibility index (Phi) is 6.49. The van der Waals surface area contributed by atoms with Crippen molar-refractivity contribution in [3.63, 3.8) is 0 Å². The molecule has 0 fully saturated rings. The first-order valence-corrected chi connectivity index (χ1v) is 7.46. The summed E-state index contributed by atoms with van der Waals surface area (Å²) < 4.78 is 24.5. The summed E-state index contributed by atoms with van der Waals surface area (Å²) in [6.07, 6.45) is 3.60. The van der Waals surface area contributed by atoms with Gasteiger partial charge in [-0.15, -0.1) is 0 Å². The normalized spacial score (nSPS) is 11.3. The largest absolute Gasteiger partial charge is 0.497 e. The fourth-order valence-electron chi connectivity index (χ4n) is 2.06. The molecule has 0 saturated carbocycles. The number of hydrogen-bond donors (Lipinski definition) is 0. The van der Waals surface area contributed by atoms with Crippen molar-refractivity contribution in [3.8, 4) is 11.5 Å². The van der Waals surface area contributed by atoms with Gasteiger partial charge < -0.3 is 9.47 Å². The fraction of sp³-hybridized carbons (Fsp3) is 0.263. The van der Waals surface area contributed by atoms with Gasteiger partial charge in [0.15, 0.2) is 0 Å². The molecule has 0 radical (unpaired) electrons. The highest BCUT2D eigenvalue weighted by atomic mass is 19.1. The third-order valence-corrected chi connectivity index (χ3v) is 3.26. The quantitative estimate of drug-likeness (QED) is 0.619. The van der Waals surface area contributed by atoms with Crippen molar-refractivity contribution in [1.29, 1.82) is 0 Å². The standard InChI is InChI=1S/C19H21FO2/c1-21-18-12-10-16(11-13-18)15-17(20)7-5-6-14-22-19-8-3-2-4-9-19/h2-4,8-13,15H,5-7,14H2,1H3/b17-15-. The van der Waals surface area contributed by atoms with E-state index in [0.717, 1.165) is 29.9 Å². The third kappa shape index (κ3) is 5.60. The Hall–Kier alpha value is -2.29. The molecular formula is C19H21FO2. The highest BCUT2D eigenvalue weighted by molar-refractivity contribution is 5.52. The SMILES string of the molecule is COc1ccc(/C=C(\F)CCCCOc2ccccc2)cc1. The fourth-order valence-corrected chi connectivity index (χ4v) is 2.06. The maximum Gasteiger partial charge on any atom is 0.119 e. The van der Waals surface area contributed by atoms with Crippen LogP contribution in [0.4, 0.5) is 4.39 Å². The van der Waals surface area contributed by atoms with Crippen molar-refractivity contribution >= 4 is 6.08 Å². The first-order valence-electron chi connectivity index (χ1n) is 7.46. The molecule has 0 amide bonds. The smallest absolute Gasteiger partial charge is 0.119 e. The molecule has 0 spiro atoms. The number of unbranched alkanes of at least 4 members (excludes halogenated alkanes) is 1. The summed E-state index contributed by atoms with van der Waals surface area (Å²) >= 11 is 0. The van der Waals surface area contributed by atoms with Crippen LogP contribution in [-0.2, 0) is 0 Å². The Morgan fingerprint density at radius 1 is 0.955 bits per heavy atom. The Morgan fingerprint density at radius 2 is 1.68 bits per heavy atom. The minimum atomic E-state index is -0.107. The van der Waals surface area contributed by atoms with E-state index in [4.69, 9.17) is 9.47 Å². The van der Waals surface area contributed by atoms with Crippen LogP contribution < -0.4 is 9.47 Å². The van der Waals surface area contributed by atoms with Gasteiger partial charge >= 0.3 is 0 Å². The molecule has 2 aromatic carbocycles. The van der Waals surface area contributed by atoms with Crippen molar-refractivity contribution in [3.05, 3.63) is 66.0 Å². The Labute approximate surface area is 131 Å². The number of hydrogen-bond acceptors (Lipinski definition) is 2. The van der Waals surface area contributed by atoms with Gasteiger partial charge in [0.25, 0.3) is 0 Å². The van der Waals surface area contributed by atoms with Crippen molar-refractivity contribution < 1.29 is 13.9 Å². The van der Waals surface area contributed by atoms with Crippen molar-refractivity contribution in [2.75, 3.05) is 13.7 Å². The molecule has 0 bridgehead atoms. The number of benzene rings is 2. The van der Waals surface area contributed by atoms with Crippen LogP contribution in [0.3, 0.4) is 0 Å². The van der Waals surface area contributed by atoms with Crippen LogP contribution in [0.25, 0.3) is 6.08 Å². The lowest BCUT2D eigenvalue weighted by molar-refractivity contribution is 0.305. The highest BCUT2D eigenvalue weighted by Crippen LogP contribution is 2.17. The van der Waals surface area contributed by atoms with E-state index >= 15 is 0 Å². The second-order valence-electron chi connectivity index (χ2n) is 4.98. The van der Waals surface area contributed by atoms with Gasteiger partial charge in [0, 0.05) is 0 Å². The van der Waals surface area contributed by atoms with Gasteiger partial charge in [-0.3, -0.25) is 0 Å². The van der Waals surface area contributed by atoms with E-state index < -0.39 is 0 Å². The number of methoxy groups -OCH3 is 1. The Morgan fingerprint density at radius 3 is 2.36 bits per heavy atom. The summed E-state index contributed by atoms with van der Waals surface area (Å²) in [4.78, 5) is 0. The monoisotopic (exact) mass is 300 g/mol. The Bertz CT molecular complexity index is 576. The third-order valence-electron chi connectivity index (χ3n) is 3.26. The van der Waals surface area contributed by atoms with Gasteiger partial charge in [0.05, 0.1) is 13.7 Å². The van der Waals surface area contributed by atoms with Gasteiger partial charge in [-0.2, -0.15) is 0 Å². The van der Waals surface area contributed by atoms with E-state index in [1.807, 2.05) is 54.6 Å². The summed E-state index contributed by atoms with van der Waals surface area (Å²) in [5.41, 5.74) is 0.846. The van der Waals surface area contributed by atoms with Gasteiger partial charge in [0.1, 0.15) is 17.3 Å². The van der Waals surface area contributed by atoms with E-state index in [-0.39, 0.29) is 5.83 Å². The zero-order chi connectivity index (χ0) is 15.6. The maximum absolute atomic E-state index is 13.8. The lowest BCUT2D eigenvalue weighted by Gasteiger charge is -2.05. The van der Waals surface area contributed by atoms with Crippen LogP contribution >= 0.6 is 0 Å². The molecule has 0 aliphatic carbocycles. The minimum absolute atomic E-state index is 0.107. The van der Waals surface area contributed by atoms with E-state index in [9.17, 15) is 4.39 Å². The first kappa shape index (κ1) is 16.1. The molecule has 0 aliphatic rings. The average molecular weight is 300 g/mol. The van der Waals surface area contributed by atoms with Crippen LogP contribution in [0.2, 0.25) is 0 Å². The zero-order valence-corrected chi connectivity index (χ0v) is 12.8. The topological polar surface area (TPSA) is 18.5 Å². The minimum Gasteiger partial charge on any atom is -0.497 e. The molecule has 0 aromatic heterocycles. The highest BCUT2D eigenvalue weighted by Gasteiger charge is 1.98. The van der Waals surface area contributed by atoms with Gasteiger partial charge in [-0.1, -0.05) is 30.3 Å². The van der Waals surface area contributed by atoms with Gasteiger partial charge in [-0.25, -0.2) is 4.39 Å². The average Bonchev–Trinajstić information content (AvgIpc) is 2.56. The number of ether oxygens (including phenoxy) is 2. The van der Waals surface area contributed by atoms with Crippen LogP contribution in [0.5, 0.6) is 11.5 Å². The molecule has 22 heavy (non-hydrogen) atoms. The van der Waals surface area contributed by atoms with Crippen molar-refractivity contribution in [1.82, 2.24) is 0 Å². The zero-order valence-electron chi connectivity index (χ0n) is 12.8. The molecule has 0 atom stereocenters. The molecule has 3 heteroatoms. The molecule has 0 unspecified atom stereocenters. The summed E-state index contributed by atoms with van der Waals surface area (Å²) in [6.45, 7) is 0.611. The van der Waals surface area contributed by atoms with Crippen molar-refractivity contribution in [2.45, 2.75) is 19.3 Å². The summed E-state index contributed by atoms with van der Waals surface area (Å²) in [5, 5.41) is 0. The summed E-state index contributed by atoms with van der Waals surface area (Å²) in [5.74, 6) is 1.53. The van der Waals surface area contributed by atoms with Gasteiger partial charge in [0.2, 0.25) is 0 Å². The predicted molar refractivity (Wildman–Crippen MR) is 87.9 cm³/mol. The lowest BCUT2D eigenvalue weighted by atomic mass is 10.1. The van der Waals surface area contributed by atoms with E-state index in [1.54, 1.807) is 13.2 Å². The van der Waals surface area contributed by atoms with Gasteiger partial charge in [-0.05, 0) is 55.2 Å². The molecular weight excluding hydrogens is 279 g/mol.